The minimum Gasteiger partial charge on any atom is -0.484 e. The van der Waals surface area contributed by atoms with Gasteiger partial charge in [0, 0.05) is 5.69 Å². The van der Waals surface area contributed by atoms with Crippen LogP contribution < -0.4 is 14.8 Å². The Bertz CT molecular complexity index is 1140. The number of anilines is 2. The number of rotatable bonds is 7. The normalized spacial score (nSPS) is 11.0. The van der Waals surface area contributed by atoms with Crippen molar-refractivity contribution >= 4 is 27.3 Å². The molecule has 8 heteroatoms. The van der Waals surface area contributed by atoms with E-state index in [1.54, 1.807) is 6.07 Å². The van der Waals surface area contributed by atoms with Gasteiger partial charge in [-0.3, -0.25) is 9.52 Å². The summed E-state index contributed by atoms with van der Waals surface area (Å²) in [4.78, 5) is 12.0. The lowest BCUT2D eigenvalue weighted by Gasteiger charge is -2.12. The number of nitrogens with one attached hydrogen (secondary N) is 2. The van der Waals surface area contributed by atoms with Crippen molar-refractivity contribution in [1.29, 1.82) is 0 Å². The molecule has 0 aliphatic carbocycles. The summed E-state index contributed by atoms with van der Waals surface area (Å²) >= 11 is 0. The van der Waals surface area contributed by atoms with Crippen molar-refractivity contribution in [3.05, 3.63) is 83.7 Å². The standard InChI is InChI=1S/C22H21FN2O4S/c1-15-3-4-16(2)21(13-15)25-30(27,28)20-11-9-19(10-12-20)29-14-22(26)24-18-7-5-17(23)6-8-18/h3-13,25H,14H2,1-2H3,(H,24,26). The average molecular weight is 428 g/mol. The van der Waals surface area contributed by atoms with Gasteiger partial charge in [-0.15, -0.1) is 0 Å². The Morgan fingerprint density at radius 2 is 1.63 bits per heavy atom. The summed E-state index contributed by atoms with van der Waals surface area (Å²) in [6.45, 7) is 3.44. The highest BCUT2D eigenvalue weighted by atomic mass is 32.2. The van der Waals surface area contributed by atoms with Crippen LogP contribution in [0.4, 0.5) is 15.8 Å². The molecule has 0 unspecified atom stereocenters. The van der Waals surface area contributed by atoms with Crippen LogP contribution in [0.3, 0.4) is 0 Å². The monoisotopic (exact) mass is 428 g/mol. The lowest BCUT2D eigenvalue weighted by atomic mass is 10.1. The summed E-state index contributed by atoms with van der Waals surface area (Å²) in [5.74, 6) is -0.476. The van der Waals surface area contributed by atoms with Crippen LogP contribution in [0.2, 0.25) is 0 Å². The molecule has 0 fully saturated rings. The van der Waals surface area contributed by atoms with E-state index in [9.17, 15) is 17.6 Å². The van der Waals surface area contributed by atoms with E-state index in [-0.39, 0.29) is 11.5 Å². The number of halogens is 1. The molecule has 6 nitrogen and oxygen atoms in total. The molecule has 0 atom stereocenters. The van der Waals surface area contributed by atoms with Crippen LogP contribution in [0, 0.1) is 19.7 Å². The van der Waals surface area contributed by atoms with Gasteiger partial charge in [0.05, 0.1) is 10.6 Å². The zero-order chi connectivity index (χ0) is 21.7. The van der Waals surface area contributed by atoms with E-state index >= 15 is 0 Å². The summed E-state index contributed by atoms with van der Waals surface area (Å²) in [7, 11) is -3.76. The first kappa shape index (κ1) is 21.3. The zero-order valence-corrected chi connectivity index (χ0v) is 17.3. The second-order valence-corrected chi connectivity index (χ2v) is 8.42. The Morgan fingerprint density at radius 1 is 0.967 bits per heavy atom. The summed E-state index contributed by atoms with van der Waals surface area (Å²) in [5, 5.41) is 2.58. The maximum absolute atomic E-state index is 12.9. The molecule has 30 heavy (non-hydrogen) atoms. The van der Waals surface area contributed by atoms with E-state index in [0.717, 1.165) is 11.1 Å². The number of hydrogen-bond acceptors (Lipinski definition) is 4. The number of ether oxygens (including phenoxy) is 1. The third-order valence-corrected chi connectivity index (χ3v) is 5.65. The van der Waals surface area contributed by atoms with Crippen molar-refractivity contribution in [3.8, 4) is 5.75 Å². The quantitative estimate of drug-likeness (QED) is 0.589. The predicted molar refractivity (Wildman–Crippen MR) is 114 cm³/mol. The van der Waals surface area contributed by atoms with E-state index in [1.807, 2.05) is 26.0 Å². The Kier molecular flexibility index (Phi) is 6.37. The largest absolute Gasteiger partial charge is 0.484 e. The van der Waals surface area contributed by atoms with E-state index in [1.165, 1.54) is 48.5 Å². The van der Waals surface area contributed by atoms with Crippen molar-refractivity contribution in [2.45, 2.75) is 18.7 Å². The van der Waals surface area contributed by atoms with Crippen molar-refractivity contribution in [1.82, 2.24) is 0 Å². The molecule has 0 saturated carbocycles. The van der Waals surface area contributed by atoms with Crippen LogP contribution in [-0.4, -0.2) is 20.9 Å². The van der Waals surface area contributed by atoms with E-state index in [4.69, 9.17) is 4.74 Å². The number of amides is 1. The molecule has 0 aliphatic heterocycles. The van der Waals surface area contributed by atoms with Crippen LogP contribution in [-0.2, 0) is 14.8 Å². The second kappa shape index (κ2) is 8.96. The molecule has 3 rings (SSSR count). The molecule has 3 aromatic rings. The molecule has 0 bridgehead atoms. The van der Waals surface area contributed by atoms with Gasteiger partial charge in [-0.05, 0) is 79.6 Å². The highest BCUT2D eigenvalue weighted by molar-refractivity contribution is 7.92. The van der Waals surface area contributed by atoms with E-state index < -0.39 is 21.7 Å². The van der Waals surface area contributed by atoms with Gasteiger partial charge in [0.2, 0.25) is 0 Å². The predicted octanol–water partition coefficient (Wildman–Crippen LogP) is 4.26. The van der Waals surface area contributed by atoms with Gasteiger partial charge in [-0.2, -0.15) is 0 Å². The van der Waals surface area contributed by atoms with Crippen molar-refractivity contribution in [2.24, 2.45) is 0 Å². The van der Waals surface area contributed by atoms with Crippen molar-refractivity contribution < 1.29 is 22.3 Å². The third kappa shape index (κ3) is 5.57. The molecule has 0 spiro atoms. The highest BCUT2D eigenvalue weighted by Crippen LogP contribution is 2.22. The minimum absolute atomic E-state index is 0.0755. The van der Waals surface area contributed by atoms with Gasteiger partial charge in [0.25, 0.3) is 15.9 Å². The molecule has 1 amide bonds. The number of carbonyl (C=O) groups excluding carboxylic acids is 1. The fourth-order valence-corrected chi connectivity index (χ4v) is 3.77. The minimum atomic E-state index is -3.76. The summed E-state index contributed by atoms with van der Waals surface area (Å²) < 4.78 is 46.1. The highest BCUT2D eigenvalue weighted by Gasteiger charge is 2.15. The molecule has 2 N–H and O–H groups in total. The molecule has 3 aromatic carbocycles. The number of hydrogen-bond donors (Lipinski definition) is 2. The lowest BCUT2D eigenvalue weighted by molar-refractivity contribution is -0.118. The van der Waals surface area contributed by atoms with Gasteiger partial charge in [0.1, 0.15) is 11.6 Å². The van der Waals surface area contributed by atoms with Crippen molar-refractivity contribution in [2.75, 3.05) is 16.6 Å². The molecule has 0 aromatic heterocycles. The van der Waals surface area contributed by atoms with Crippen LogP contribution in [0.15, 0.2) is 71.6 Å². The Hall–Kier alpha value is -3.39. The first-order valence-corrected chi connectivity index (χ1v) is 10.6. The van der Waals surface area contributed by atoms with Gasteiger partial charge in [-0.1, -0.05) is 12.1 Å². The third-order valence-electron chi connectivity index (χ3n) is 4.27. The summed E-state index contributed by atoms with van der Waals surface area (Å²) in [6.07, 6.45) is 0. The number of benzene rings is 3. The molecule has 0 aliphatic rings. The molecular weight excluding hydrogens is 407 g/mol. The Balaban J connectivity index is 1.60. The fourth-order valence-electron chi connectivity index (χ4n) is 2.64. The molecule has 0 saturated heterocycles. The number of sulfonamides is 1. The molecular formula is C22H21FN2O4S. The topological polar surface area (TPSA) is 84.5 Å². The SMILES string of the molecule is Cc1ccc(C)c(NS(=O)(=O)c2ccc(OCC(=O)Nc3ccc(F)cc3)cc2)c1. The first-order chi connectivity index (χ1) is 14.2. The molecule has 0 heterocycles. The maximum Gasteiger partial charge on any atom is 0.262 e. The van der Waals surface area contributed by atoms with Gasteiger partial charge in [0.15, 0.2) is 6.61 Å². The first-order valence-electron chi connectivity index (χ1n) is 9.11. The zero-order valence-electron chi connectivity index (χ0n) is 16.5. The summed E-state index contributed by atoms with van der Waals surface area (Å²) in [5.41, 5.74) is 2.73. The molecule has 156 valence electrons. The van der Waals surface area contributed by atoms with Gasteiger partial charge < -0.3 is 10.1 Å². The maximum atomic E-state index is 12.9. The number of carbonyl (C=O) groups is 1. The Labute approximate surface area is 174 Å². The number of aryl methyl sites for hydroxylation is 2. The second-order valence-electron chi connectivity index (χ2n) is 6.74. The van der Waals surface area contributed by atoms with Crippen LogP contribution in [0.1, 0.15) is 11.1 Å². The average Bonchev–Trinajstić information content (AvgIpc) is 2.71. The van der Waals surface area contributed by atoms with Gasteiger partial charge in [-0.25, -0.2) is 12.8 Å². The van der Waals surface area contributed by atoms with Crippen molar-refractivity contribution in [3.63, 3.8) is 0 Å². The van der Waals surface area contributed by atoms with Gasteiger partial charge >= 0.3 is 0 Å². The van der Waals surface area contributed by atoms with Crippen LogP contribution in [0.5, 0.6) is 5.75 Å². The van der Waals surface area contributed by atoms with Crippen LogP contribution in [0.25, 0.3) is 0 Å². The smallest absolute Gasteiger partial charge is 0.262 e. The fraction of sp³-hybridized carbons (Fsp3) is 0.136. The van der Waals surface area contributed by atoms with E-state index in [0.29, 0.717) is 17.1 Å². The Morgan fingerprint density at radius 3 is 2.30 bits per heavy atom. The molecule has 0 radical (unpaired) electrons. The van der Waals surface area contributed by atoms with E-state index in [2.05, 4.69) is 10.0 Å². The summed E-state index contributed by atoms with van der Waals surface area (Å²) in [6, 6.07) is 16.6. The lowest BCUT2D eigenvalue weighted by Crippen LogP contribution is -2.20. The van der Waals surface area contributed by atoms with Crippen LogP contribution >= 0.6 is 0 Å².